The van der Waals surface area contributed by atoms with Crippen LogP contribution in [0.2, 0.25) is 0 Å². The summed E-state index contributed by atoms with van der Waals surface area (Å²) in [6.07, 6.45) is 6.73. The molecular weight excluding hydrogens is 340 g/mol. The molecule has 1 atom stereocenters. The van der Waals surface area contributed by atoms with Crippen molar-refractivity contribution in [1.29, 1.82) is 0 Å². The lowest BCUT2D eigenvalue weighted by molar-refractivity contribution is 0.128. The van der Waals surface area contributed by atoms with Crippen molar-refractivity contribution in [3.8, 4) is 11.1 Å². The van der Waals surface area contributed by atoms with Crippen molar-refractivity contribution in [3.63, 3.8) is 0 Å². The molecule has 0 N–H and O–H groups in total. The van der Waals surface area contributed by atoms with Crippen molar-refractivity contribution >= 4 is 0 Å². The highest BCUT2D eigenvalue weighted by molar-refractivity contribution is 5.67. The third-order valence-corrected chi connectivity index (χ3v) is 6.25. The van der Waals surface area contributed by atoms with Gasteiger partial charge in [0, 0.05) is 26.2 Å². The normalized spacial score (nSPS) is 16.9. The maximum absolute atomic E-state index is 2.67. The Kier molecular flexibility index (Phi) is 8.57. The van der Waals surface area contributed by atoms with Gasteiger partial charge in [0.15, 0.2) is 0 Å². The highest BCUT2D eigenvalue weighted by Crippen LogP contribution is 2.31. The Morgan fingerprint density at radius 1 is 0.750 bits per heavy atom. The number of nitrogens with zero attached hydrogens (tertiary/aromatic N) is 2. The second-order valence-electron chi connectivity index (χ2n) is 8.39. The molecule has 0 radical (unpaired) electrons. The van der Waals surface area contributed by atoms with Crippen LogP contribution in [0, 0.1) is 0 Å². The van der Waals surface area contributed by atoms with Crippen molar-refractivity contribution in [2.45, 2.75) is 51.9 Å². The van der Waals surface area contributed by atoms with Crippen LogP contribution in [0.1, 0.15) is 57.4 Å². The summed E-state index contributed by atoms with van der Waals surface area (Å²) in [6.45, 7) is 12.2. The van der Waals surface area contributed by atoms with Crippen LogP contribution in [0.3, 0.4) is 0 Å². The van der Waals surface area contributed by atoms with E-state index in [1.165, 1.54) is 88.1 Å². The van der Waals surface area contributed by atoms with Gasteiger partial charge in [-0.05, 0) is 48.5 Å². The van der Waals surface area contributed by atoms with Crippen LogP contribution in [0.25, 0.3) is 11.1 Å². The molecule has 1 heterocycles. The molecule has 2 heteroatoms. The minimum absolute atomic E-state index is 0.587. The van der Waals surface area contributed by atoms with Gasteiger partial charge in [0.1, 0.15) is 0 Å². The van der Waals surface area contributed by atoms with Gasteiger partial charge in [-0.3, -0.25) is 0 Å². The monoisotopic (exact) mass is 378 g/mol. The topological polar surface area (TPSA) is 6.48 Å². The second kappa shape index (κ2) is 11.4. The Bertz CT molecular complexity index is 674. The molecule has 2 aromatic rings. The quantitative estimate of drug-likeness (QED) is 0.465. The fraction of sp³-hybridized carbons (Fsp3) is 0.538. The van der Waals surface area contributed by atoms with Gasteiger partial charge in [-0.25, -0.2) is 0 Å². The number of rotatable bonds is 10. The van der Waals surface area contributed by atoms with Gasteiger partial charge in [0.2, 0.25) is 0 Å². The molecule has 152 valence electrons. The Morgan fingerprint density at radius 3 is 2.11 bits per heavy atom. The highest BCUT2D eigenvalue weighted by Gasteiger charge is 2.18. The Balaban J connectivity index is 1.46. The zero-order valence-electron chi connectivity index (χ0n) is 17.9. The van der Waals surface area contributed by atoms with Crippen LogP contribution in [0.5, 0.6) is 0 Å². The van der Waals surface area contributed by atoms with Gasteiger partial charge < -0.3 is 9.80 Å². The molecule has 2 nitrogen and oxygen atoms in total. The van der Waals surface area contributed by atoms with Crippen LogP contribution in [-0.2, 0) is 0 Å². The minimum atomic E-state index is 0.587. The molecule has 0 amide bonds. The van der Waals surface area contributed by atoms with E-state index >= 15 is 0 Å². The van der Waals surface area contributed by atoms with Gasteiger partial charge in [0.05, 0.1) is 0 Å². The number of hydrogen-bond donors (Lipinski definition) is 0. The molecule has 1 aliphatic rings. The summed E-state index contributed by atoms with van der Waals surface area (Å²) in [4.78, 5) is 5.34. The Labute approximate surface area is 172 Å². The maximum Gasteiger partial charge on any atom is 0.0110 e. The average Bonchev–Trinajstić information content (AvgIpc) is 2.76. The molecule has 28 heavy (non-hydrogen) atoms. The zero-order chi connectivity index (χ0) is 19.6. The molecule has 0 spiro atoms. The van der Waals surface area contributed by atoms with Gasteiger partial charge >= 0.3 is 0 Å². The predicted molar refractivity (Wildman–Crippen MR) is 122 cm³/mol. The molecule has 0 saturated carbocycles. The lowest BCUT2D eigenvalue weighted by Gasteiger charge is -2.35. The molecule has 1 fully saturated rings. The summed E-state index contributed by atoms with van der Waals surface area (Å²) in [7, 11) is 0. The number of unbranched alkanes of at least 4 members (excludes halogenated alkanes) is 3. The number of hydrogen-bond acceptors (Lipinski definition) is 2. The molecule has 0 aromatic heterocycles. The first kappa shape index (κ1) is 21.1. The molecule has 1 aliphatic heterocycles. The fourth-order valence-electron chi connectivity index (χ4n) is 4.34. The molecule has 0 bridgehead atoms. The first-order valence-electron chi connectivity index (χ1n) is 11.4. The predicted octanol–water partition coefficient (Wildman–Crippen LogP) is 6.05. The summed E-state index contributed by atoms with van der Waals surface area (Å²) < 4.78 is 0. The van der Waals surface area contributed by atoms with E-state index in [0.29, 0.717) is 5.92 Å². The molecule has 1 unspecified atom stereocenters. The lowest BCUT2D eigenvalue weighted by Crippen LogP contribution is -2.46. The first-order valence-corrected chi connectivity index (χ1v) is 11.4. The summed E-state index contributed by atoms with van der Waals surface area (Å²) in [5.74, 6) is 0.587. The van der Waals surface area contributed by atoms with Crippen LogP contribution in [0.4, 0.5) is 0 Å². The SMILES string of the molecule is CCCCCCN1CCN(CCC(C)c2ccccc2-c2ccccc2)CC1. The van der Waals surface area contributed by atoms with Crippen LogP contribution < -0.4 is 0 Å². The largest absolute Gasteiger partial charge is 0.301 e. The highest BCUT2D eigenvalue weighted by atomic mass is 15.3. The van der Waals surface area contributed by atoms with Gasteiger partial charge in [-0.1, -0.05) is 87.7 Å². The maximum atomic E-state index is 2.67. The summed E-state index contributed by atoms with van der Waals surface area (Å²) in [5.41, 5.74) is 4.22. The van der Waals surface area contributed by atoms with Crippen molar-refractivity contribution in [3.05, 3.63) is 60.2 Å². The van der Waals surface area contributed by atoms with Crippen molar-refractivity contribution in [2.24, 2.45) is 0 Å². The molecular formula is C26H38N2. The third-order valence-electron chi connectivity index (χ3n) is 6.25. The average molecular weight is 379 g/mol. The third kappa shape index (κ3) is 6.18. The Hall–Kier alpha value is -1.64. The van der Waals surface area contributed by atoms with E-state index in [4.69, 9.17) is 0 Å². The lowest BCUT2D eigenvalue weighted by atomic mass is 9.89. The van der Waals surface area contributed by atoms with E-state index in [0.717, 1.165) is 0 Å². The van der Waals surface area contributed by atoms with Crippen LogP contribution >= 0.6 is 0 Å². The van der Waals surface area contributed by atoms with E-state index in [2.05, 4.69) is 78.2 Å². The van der Waals surface area contributed by atoms with E-state index < -0.39 is 0 Å². The molecule has 0 aliphatic carbocycles. The van der Waals surface area contributed by atoms with Crippen LogP contribution in [0.15, 0.2) is 54.6 Å². The van der Waals surface area contributed by atoms with Crippen molar-refractivity contribution < 1.29 is 0 Å². The first-order chi connectivity index (χ1) is 13.8. The number of benzene rings is 2. The number of piperazine rings is 1. The van der Waals surface area contributed by atoms with Gasteiger partial charge in [-0.15, -0.1) is 0 Å². The summed E-state index contributed by atoms with van der Waals surface area (Å²) >= 11 is 0. The van der Waals surface area contributed by atoms with Crippen molar-refractivity contribution in [2.75, 3.05) is 39.3 Å². The van der Waals surface area contributed by atoms with Gasteiger partial charge in [-0.2, -0.15) is 0 Å². The standard InChI is InChI=1S/C26H38N2/c1-3-4-5-11-17-27-19-21-28(22-20-27)18-16-23(2)25-14-9-10-15-26(25)24-12-7-6-8-13-24/h6-10,12-15,23H,3-5,11,16-22H2,1-2H3. The van der Waals surface area contributed by atoms with Crippen LogP contribution in [-0.4, -0.2) is 49.1 Å². The van der Waals surface area contributed by atoms with Gasteiger partial charge in [0.25, 0.3) is 0 Å². The zero-order valence-corrected chi connectivity index (χ0v) is 17.9. The Morgan fingerprint density at radius 2 is 1.39 bits per heavy atom. The smallest absolute Gasteiger partial charge is 0.0110 e. The molecule has 1 saturated heterocycles. The molecule has 2 aromatic carbocycles. The fourth-order valence-corrected chi connectivity index (χ4v) is 4.34. The minimum Gasteiger partial charge on any atom is -0.301 e. The van der Waals surface area contributed by atoms with E-state index in [1.54, 1.807) is 0 Å². The second-order valence-corrected chi connectivity index (χ2v) is 8.39. The summed E-state index contributed by atoms with van der Waals surface area (Å²) in [6, 6.07) is 19.8. The molecule has 3 rings (SSSR count). The van der Waals surface area contributed by atoms with E-state index in [9.17, 15) is 0 Å². The van der Waals surface area contributed by atoms with Crippen molar-refractivity contribution in [1.82, 2.24) is 9.80 Å². The van der Waals surface area contributed by atoms with E-state index in [1.807, 2.05) is 0 Å². The van der Waals surface area contributed by atoms with E-state index in [-0.39, 0.29) is 0 Å². The summed E-state index contributed by atoms with van der Waals surface area (Å²) in [5, 5.41) is 0.